The first-order valence-corrected chi connectivity index (χ1v) is 10.4. The van der Waals surface area contributed by atoms with Gasteiger partial charge in [0.25, 0.3) is 0 Å². The van der Waals surface area contributed by atoms with Crippen molar-refractivity contribution in [1.29, 1.82) is 0 Å². The van der Waals surface area contributed by atoms with Crippen molar-refractivity contribution in [3.63, 3.8) is 0 Å². The highest BCUT2D eigenvalue weighted by Gasteiger charge is 2.42. The fraction of sp³-hybridized carbons (Fsp3) is 0.615. The monoisotopic (exact) mass is 363 g/mol. The fourth-order valence-corrected chi connectivity index (χ4v) is 5.83. The quantitative estimate of drug-likeness (QED) is 0.820. The molecule has 128 valence electrons. The second-order valence-corrected chi connectivity index (χ2v) is 9.83. The molecule has 0 spiro atoms. The highest BCUT2D eigenvalue weighted by Crippen LogP contribution is 2.32. The van der Waals surface area contributed by atoms with Crippen LogP contribution < -0.4 is 4.72 Å². The van der Waals surface area contributed by atoms with Crippen LogP contribution in [0.3, 0.4) is 0 Å². The zero-order valence-electron chi connectivity index (χ0n) is 12.4. The first-order chi connectivity index (χ1) is 10.8. The Labute approximate surface area is 135 Å². The number of pyridine rings is 1. The molecule has 2 fully saturated rings. The van der Waals surface area contributed by atoms with Crippen LogP contribution in [0.25, 0.3) is 0 Å². The van der Waals surface area contributed by atoms with E-state index in [1.54, 1.807) is 0 Å². The van der Waals surface area contributed by atoms with Gasteiger partial charge in [0.1, 0.15) is 10.7 Å². The Morgan fingerprint density at radius 3 is 2.57 bits per heavy atom. The molecule has 0 unspecified atom stereocenters. The normalized spacial score (nSPS) is 23.8. The van der Waals surface area contributed by atoms with Gasteiger partial charge >= 0.3 is 0 Å². The Kier molecular flexibility index (Phi) is 4.43. The summed E-state index contributed by atoms with van der Waals surface area (Å²) in [7, 11) is -7.25. The lowest BCUT2D eigenvalue weighted by atomic mass is 10.1. The van der Waals surface area contributed by atoms with E-state index in [4.69, 9.17) is 0 Å². The summed E-state index contributed by atoms with van der Waals surface area (Å²) < 4.78 is 66.0. The van der Waals surface area contributed by atoms with Crippen LogP contribution in [0.1, 0.15) is 25.7 Å². The maximum absolute atomic E-state index is 13.1. The summed E-state index contributed by atoms with van der Waals surface area (Å²) >= 11 is 0. The summed E-state index contributed by atoms with van der Waals surface area (Å²) in [4.78, 5) is 3.26. The molecule has 1 aliphatic carbocycles. The van der Waals surface area contributed by atoms with E-state index in [0.29, 0.717) is 32.2 Å². The predicted molar refractivity (Wildman–Crippen MR) is 81.1 cm³/mol. The minimum Gasteiger partial charge on any atom is -0.260 e. The molecule has 1 aromatic rings. The molecule has 0 amide bonds. The van der Waals surface area contributed by atoms with Gasteiger partial charge in [-0.05, 0) is 31.7 Å². The number of halogens is 1. The van der Waals surface area contributed by atoms with Crippen molar-refractivity contribution < 1.29 is 21.2 Å². The third-order valence-corrected chi connectivity index (χ3v) is 7.85. The van der Waals surface area contributed by atoms with Crippen molar-refractivity contribution in [2.24, 2.45) is 0 Å². The van der Waals surface area contributed by atoms with E-state index in [-0.39, 0.29) is 16.7 Å². The summed E-state index contributed by atoms with van der Waals surface area (Å²) in [6.07, 6.45) is 4.45. The summed E-state index contributed by atoms with van der Waals surface area (Å²) in [5, 5.41) is -0.315. The Morgan fingerprint density at radius 1 is 1.17 bits per heavy atom. The smallest absolute Gasteiger partial charge is 0.242 e. The standard InChI is InChI=1S/C13H18FN3O4S2/c14-10-6-13(8-15-7-10)22(18,19)16-11-2-1-5-17(9-11)23(20,21)12-3-4-12/h6-8,11-12,16H,1-5,9H2/t11-/m1/s1. The molecule has 0 aromatic carbocycles. The third-order valence-electron chi connectivity index (χ3n) is 4.00. The zero-order valence-corrected chi connectivity index (χ0v) is 14.0. The van der Waals surface area contributed by atoms with Gasteiger partial charge in [-0.1, -0.05) is 0 Å². The summed E-state index contributed by atoms with van der Waals surface area (Å²) in [6.45, 7) is 0.527. The lowest BCUT2D eigenvalue weighted by Crippen LogP contribution is -2.50. The molecule has 2 heterocycles. The highest BCUT2D eigenvalue weighted by atomic mass is 32.2. The lowest BCUT2D eigenvalue weighted by Gasteiger charge is -2.32. The van der Waals surface area contributed by atoms with E-state index >= 15 is 0 Å². The molecular weight excluding hydrogens is 345 g/mol. The highest BCUT2D eigenvalue weighted by molar-refractivity contribution is 7.90. The van der Waals surface area contributed by atoms with E-state index in [0.717, 1.165) is 18.5 Å². The van der Waals surface area contributed by atoms with E-state index in [1.807, 2.05) is 0 Å². The van der Waals surface area contributed by atoms with Gasteiger partial charge in [-0.15, -0.1) is 0 Å². The second kappa shape index (κ2) is 6.08. The summed E-state index contributed by atoms with van der Waals surface area (Å²) in [5.41, 5.74) is 0. The minimum atomic E-state index is -3.93. The Hall–Kier alpha value is -1.10. The van der Waals surface area contributed by atoms with Crippen molar-refractivity contribution in [3.8, 4) is 0 Å². The van der Waals surface area contributed by atoms with Crippen molar-refractivity contribution in [1.82, 2.24) is 14.0 Å². The first-order valence-electron chi connectivity index (χ1n) is 7.41. The molecule has 7 nitrogen and oxygen atoms in total. The molecule has 1 saturated carbocycles. The Morgan fingerprint density at radius 2 is 1.91 bits per heavy atom. The maximum atomic E-state index is 13.1. The van der Waals surface area contributed by atoms with Crippen LogP contribution >= 0.6 is 0 Å². The molecule has 0 radical (unpaired) electrons. The third kappa shape index (κ3) is 3.70. The van der Waals surface area contributed by atoms with E-state index in [1.165, 1.54) is 4.31 Å². The number of piperidine rings is 1. The number of nitrogens with one attached hydrogen (secondary N) is 1. The summed E-state index contributed by atoms with van der Waals surface area (Å²) in [6, 6.07) is 0.363. The Bertz CT molecular complexity index is 793. The van der Waals surface area contributed by atoms with E-state index in [2.05, 4.69) is 9.71 Å². The van der Waals surface area contributed by atoms with Crippen LogP contribution in [0.4, 0.5) is 4.39 Å². The van der Waals surface area contributed by atoms with Crippen molar-refractivity contribution >= 4 is 20.0 Å². The number of aromatic nitrogens is 1. The average molecular weight is 363 g/mol. The second-order valence-electron chi connectivity index (χ2n) is 5.90. The van der Waals surface area contributed by atoms with Crippen LogP contribution in [0, 0.1) is 5.82 Å². The van der Waals surface area contributed by atoms with Gasteiger partial charge in [0.15, 0.2) is 0 Å². The first kappa shape index (κ1) is 16.7. The zero-order chi connectivity index (χ0) is 16.7. The number of nitrogens with zero attached hydrogens (tertiary/aromatic N) is 2. The molecular formula is C13H18FN3O4S2. The van der Waals surface area contributed by atoms with Gasteiger partial charge in [-0.3, -0.25) is 4.98 Å². The molecule has 1 atom stereocenters. The van der Waals surface area contributed by atoms with Gasteiger partial charge in [-0.25, -0.2) is 30.3 Å². The van der Waals surface area contributed by atoms with Crippen molar-refractivity contribution in [2.75, 3.05) is 13.1 Å². The van der Waals surface area contributed by atoms with Gasteiger partial charge < -0.3 is 0 Å². The average Bonchev–Trinajstić information content (AvgIpc) is 3.32. The largest absolute Gasteiger partial charge is 0.260 e. The van der Waals surface area contributed by atoms with Gasteiger partial charge in [-0.2, -0.15) is 0 Å². The molecule has 10 heteroatoms. The molecule has 1 saturated heterocycles. The minimum absolute atomic E-state index is 0.112. The fourth-order valence-electron chi connectivity index (χ4n) is 2.67. The van der Waals surface area contributed by atoms with Gasteiger partial charge in [0.05, 0.1) is 11.4 Å². The van der Waals surface area contributed by atoms with Crippen molar-refractivity contribution in [3.05, 3.63) is 24.3 Å². The van der Waals surface area contributed by atoms with Crippen LogP contribution in [-0.2, 0) is 20.0 Å². The van der Waals surface area contributed by atoms with Crippen LogP contribution in [0.5, 0.6) is 0 Å². The molecule has 1 aliphatic heterocycles. The number of rotatable bonds is 5. The van der Waals surface area contributed by atoms with E-state index in [9.17, 15) is 21.2 Å². The van der Waals surface area contributed by atoms with Crippen LogP contribution in [-0.4, -0.2) is 50.5 Å². The van der Waals surface area contributed by atoms with Crippen LogP contribution in [0.2, 0.25) is 0 Å². The van der Waals surface area contributed by atoms with Crippen molar-refractivity contribution in [2.45, 2.75) is 41.9 Å². The van der Waals surface area contributed by atoms with Crippen LogP contribution in [0.15, 0.2) is 23.4 Å². The SMILES string of the molecule is O=S(=O)(N[C@@H]1CCCN(S(=O)(=O)C2CC2)C1)c1cncc(F)c1. The lowest BCUT2D eigenvalue weighted by molar-refractivity contribution is 0.303. The van der Waals surface area contributed by atoms with Gasteiger partial charge in [0.2, 0.25) is 20.0 Å². The number of sulfonamides is 2. The van der Waals surface area contributed by atoms with E-state index < -0.39 is 31.9 Å². The number of hydrogen-bond donors (Lipinski definition) is 1. The predicted octanol–water partition coefficient (Wildman–Crippen LogP) is 0.456. The maximum Gasteiger partial charge on any atom is 0.242 e. The molecule has 1 N–H and O–H groups in total. The molecule has 2 aliphatic rings. The molecule has 3 rings (SSSR count). The molecule has 1 aromatic heterocycles. The van der Waals surface area contributed by atoms with Gasteiger partial charge in [0, 0.05) is 25.3 Å². The Balaban J connectivity index is 1.72. The molecule has 23 heavy (non-hydrogen) atoms. The topological polar surface area (TPSA) is 96.4 Å². The number of hydrogen-bond acceptors (Lipinski definition) is 5. The molecule has 0 bridgehead atoms. The summed E-state index contributed by atoms with van der Waals surface area (Å²) in [5.74, 6) is -0.741.